The molecule has 90 valence electrons. The highest BCUT2D eigenvalue weighted by molar-refractivity contribution is 7.12. The fraction of sp³-hybridized carbons (Fsp3) is 0.333. The van der Waals surface area contributed by atoms with E-state index in [0.717, 1.165) is 33.4 Å². The van der Waals surface area contributed by atoms with Crippen LogP contribution in [0, 0.1) is 0 Å². The Morgan fingerprint density at radius 2 is 2.06 bits per heavy atom. The average molecular weight is 268 g/mol. The van der Waals surface area contributed by atoms with E-state index in [1.54, 1.807) is 11.3 Å². The fourth-order valence-electron chi connectivity index (χ4n) is 1.40. The zero-order valence-electron chi connectivity index (χ0n) is 9.85. The van der Waals surface area contributed by atoms with Crippen molar-refractivity contribution in [3.05, 3.63) is 34.1 Å². The third-order valence-electron chi connectivity index (χ3n) is 2.27. The first-order valence-corrected chi connectivity index (χ1v) is 6.70. The van der Waals surface area contributed by atoms with Crippen LogP contribution >= 0.6 is 22.9 Å². The highest BCUT2D eigenvalue weighted by atomic mass is 35.5. The standard InChI is InChI=1S/C12H14ClN3S/c1-3-8-14-12-16(2)15-11(17-12)9-4-6-10(13)7-5-9/h4-7H,3,8H2,1-2H3/b14-12+. The van der Waals surface area contributed by atoms with Gasteiger partial charge in [-0.3, -0.25) is 4.99 Å². The number of hydrogen-bond donors (Lipinski definition) is 0. The second-order valence-corrected chi connectivity index (χ2v) is 5.09. The number of rotatable bonds is 3. The van der Waals surface area contributed by atoms with E-state index in [-0.39, 0.29) is 0 Å². The summed E-state index contributed by atoms with van der Waals surface area (Å²) in [6.07, 6.45) is 1.05. The molecule has 1 aromatic carbocycles. The topological polar surface area (TPSA) is 30.2 Å². The van der Waals surface area contributed by atoms with Crippen LogP contribution in [0.5, 0.6) is 0 Å². The van der Waals surface area contributed by atoms with Crippen molar-refractivity contribution in [3.63, 3.8) is 0 Å². The third-order valence-corrected chi connectivity index (χ3v) is 3.61. The molecular weight excluding hydrogens is 254 g/mol. The quantitative estimate of drug-likeness (QED) is 0.840. The first-order chi connectivity index (χ1) is 8.20. The van der Waals surface area contributed by atoms with Gasteiger partial charge in [-0.25, -0.2) is 4.68 Å². The summed E-state index contributed by atoms with van der Waals surface area (Å²) < 4.78 is 1.82. The highest BCUT2D eigenvalue weighted by Gasteiger charge is 2.04. The maximum Gasteiger partial charge on any atom is 0.203 e. The molecule has 0 atom stereocenters. The van der Waals surface area contributed by atoms with Gasteiger partial charge in [-0.15, -0.1) is 0 Å². The van der Waals surface area contributed by atoms with Crippen molar-refractivity contribution < 1.29 is 0 Å². The van der Waals surface area contributed by atoms with Crippen LogP contribution in [0.2, 0.25) is 5.02 Å². The molecule has 0 aliphatic carbocycles. The molecule has 0 amide bonds. The van der Waals surface area contributed by atoms with Gasteiger partial charge in [-0.05, 0) is 18.6 Å². The minimum atomic E-state index is 0.741. The van der Waals surface area contributed by atoms with Gasteiger partial charge in [0.05, 0.1) is 0 Å². The monoisotopic (exact) mass is 267 g/mol. The number of halogens is 1. The molecule has 0 aliphatic heterocycles. The Labute approximate surface area is 109 Å². The molecule has 0 saturated carbocycles. The lowest BCUT2D eigenvalue weighted by Crippen LogP contribution is -2.12. The second-order valence-electron chi connectivity index (χ2n) is 3.70. The SMILES string of the molecule is CCC/N=c1/sc(-c2ccc(Cl)cc2)nn1C. The van der Waals surface area contributed by atoms with E-state index in [0.29, 0.717) is 0 Å². The fourth-order valence-corrected chi connectivity index (χ4v) is 2.45. The summed E-state index contributed by atoms with van der Waals surface area (Å²) in [5.41, 5.74) is 1.08. The van der Waals surface area contributed by atoms with Crippen LogP contribution in [0.3, 0.4) is 0 Å². The Morgan fingerprint density at radius 3 is 2.71 bits per heavy atom. The third kappa shape index (κ3) is 2.96. The minimum Gasteiger partial charge on any atom is -0.258 e. The van der Waals surface area contributed by atoms with Gasteiger partial charge in [0.25, 0.3) is 0 Å². The van der Waals surface area contributed by atoms with E-state index in [2.05, 4.69) is 17.0 Å². The van der Waals surface area contributed by atoms with Gasteiger partial charge in [0, 0.05) is 24.2 Å². The Kier molecular flexibility index (Phi) is 3.97. The van der Waals surface area contributed by atoms with E-state index >= 15 is 0 Å². The smallest absolute Gasteiger partial charge is 0.203 e. The van der Waals surface area contributed by atoms with Crippen molar-refractivity contribution in [2.45, 2.75) is 13.3 Å². The molecule has 0 N–H and O–H groups in total. The van der Waals surface area contributed by atoms with E-state index in [1.807, 2.05) is 36.0 Å². The van der Waals surface area contributed by atoms with Crippen LogP contribution in [-0.4, -0.2) is 16.3 Å². The predicted molar refractivity (Wildman–Crippen MR) is 72.3 cm³/mol. The Hall–Kier alpha value is -1.13. The summed E-state index contributed by atoms with van der Waals surface area (Å²) in [6.45, 7) is 2.96. The van der Waals surface area contributed by atoms with Crippen LogP contribution in [0.1, 0.15) is 13.3 Å². The molecule has 0 saturated heterocycles. The molecule has 1 heterocycles. The maximum atomic E-state index is 5.86. The molecule has 0 radical (unpaired) electrons. The van der Waals surface area contributed by atoms with Gasteiger partial charge in [0.2, 0.25) is 4.80 Å². The Bertz CT molecular complexity index is 554. The molecule has 2 aromatic rings. The number of aryl methyl sites for hydroxylation is 1. The summed E-state index contributed by atoms with van der Waals surface area (Å²) in [6, 6.07) is 7.71. The van der Waals surface area contributed by atoms with Crippen molar-refractivity contribution >= 4 is 22.9 Å². The molecule has 0 bridgehead atoms. The van der Waals surface area contributed by atoms with Crippen molar-refractivity contribution in [1.82, 2.24) is 9.78 Å². The zero-order valence-corrected chi connectivity index (χ0v) is 11.4. The van der Waals surface area contributed by atoms with Gasteiger partial charge in [-0.2, -0.15) is 5.10 Å². The summed E-state index contributed by atoms with van der Waals surface area (Å²) in [5, 5.41) is 6.17. The molecule has 2 rings (SSSR count). The molecule has 0 aliphatic rings. The van der Waals surface area contributed by atoms with Crippen LogP contribution in [-0.2, 0) is 7.05 Å². The van der Waals surface area contributed by atoms with Crippen molar-refractivity contribution in [3.8, 4) is 10.6 Å². The summed E-state index contributed by atoms with van der Waals surface area (Å²) in [5.74, 6) is 0. The van der Waals surface area contributed by atoms with Gasteiger partial charge in [0.1, 0.15) is 5.01 Å². The van der Waals surface area contributed by atoms with Crippen molar-refractivity contribution in [2.75, 3.05) is 6.54 Å². The molecule has 0 unspecified atom stereocenters. The maximum absolute atomic E-state index is 5.86. The Morgan fingerprint density at radius 1 is 1.35 bits per heavy atom. The lowest BCUT2D eigenvalue weighted by atomic mass is 10.2. The predicted octanol–water partition coefficient (Wildman–Crippen LogP) is 3.11. The van der Waals surface area contributed by atoms with Gasteiger partial charge >= 0.3 is 0 Å². The molecule has 0 fully saturated rings. The van der Waals surface area contributed by atoms with Crippen molar-refractivity contribution in [1.29, 1.82) is 0 Å². The number of benzene rings is 1. The minimum absolute atomic E-state index is 0.741. The summed E-state index contributed by atoms with van der Waals surface area (Å²) >= 11 is 7.46. The lowest BCUT2D eigenvalue weighted by Gasteiger charge is -1.94. The first kappa shape index (κ1) is 12.3. The second kappa shape index (κ2) is 5.47. The van der Waals surface area contributed by atoms with Crippen molar-refractivity contribution in [2.24, 2.45) is 12.0 Å². The normalized spacial score (nSPS) is 12.1. The lowest BCUT2D eigenvalue weighted by molar-refractivity contribution is 0.715. The number of nitrogens with zero attached hydrogens (tertiary/aromatic N) is 3. The molecule has 1 aromatic heterocycles. The number of aromatic nitrogens is 2. The molecule has 0 spiro atoms. The van der Waals surface area contributed by atoms with Gasteiger partial charge < -0.3 is 0 Å². The molecule has 17 heavy (non-hydrogen) atoms. The van der Waals surface area contributed by atoms with Crippen LogP contribution in [0.25, 0.3) is 10.6 Å². The van der Waals surface area contributed by atoms with E-state index < -0.39 is 0 Å². The molecule has 3 nitrogen and oxygen atoms in total. The van der Waals surface area contributed by atoms with Crippen LogP contribution in [0.15, 0.2) is 29.3 Å². The average Bonchev–Trinajstić information content (AvgIpc) is 2.69. The zero-order chi connectivity index (χ0) is 12.3. The van der Waals surface area contributed by atoms with Crippen LogP contribution in [0.4, 0.5) is 0 Å². The molecule has 5 heteroatoms. The van der Waals surface area contributed by atoms with E-state index in [1.165, 1.54) is 0 Å². The summed E-state index contributed by atoms with van der Waals surface area (Å²) in [7, 11) is 1.92. The molecular formula is C12H14ClN3S. The summed E-state index contributed by atoms with van der Waals surface area (Å²) in [4.78, 5) is 5.44. The Balaban J connectivity index is 2.37. The first-order valence-electron chi connectivity index (χ1n) is 5.51. The van der Waals surface area contributed by atoms with Gasteiger partial charge in [0.15, 0.2) is 0 Å². The highest BCUT2D eigenvalue weighted by Crippen LogP contribution is 2.21. The van der Waals surface area contributed by atoms with Crippen LogP contribution < -0.4 is 4.80 Å². The largest absolute Gasteiger partial charge is 0.258 e. The van der Waals surface area contributed by atoms with E-state index in [9.17, 15) is 0 Å². The van der Waals surface area contributed by atoms with Gasteiger partial charge in [-0.1, -0.05) is 42.0 Å². The number of hydrogen-bond acceptors (Lipinski definition) is 3. The van der Waals surface area contributed by atoms with E-state index in [4.69, 9.17) is 11.6 Å².